The van der Waals surface area contributed by atoms with E-state index >= 15 is 0 Å². The third kappa shape index (κ3) is 10.3. The van der Waals surface area contributed by atoms with Crippen molar-refractivity contribution < 1.29 is 39.1 Å². The van der Waals surface area contributed by atoms with E-state index < -0.39 is 12.1 Å². The van der Waals surface area contributed by atoms with Crippen molar-refractivity contribution in [1.82, 2.24) is 0 Å². The summed E-state index contributed by atoms with van der Waals surface area (Å²) in [5.74, 6) is 0.626. The van der Waals surface area contributed by atoms with Gasteiger partial charge in [0.25, 0.3) is 0 Å². The quantitative estimate of drug-likeness (QED) is 0.269. The molecule has 0 aliphatic carbocycles. The van der Waals surface area contributed by atoms with Crippen LogP contribution in [0, 0.1) is 5.92 Å². The van der Waals surface area contributed by atoms with Gasteiger partial charge in [0.2, 0.25) is 0 Å². The molecule has 2 unspecified atom stereocenters. The highest BCUT2D eigenvalue weighted by molar-refractivity contribution is 5.80. The van der Waals surface area contributed by atoms with Crippen molar-refractivity contribution >= 4 is 11.8 Å². The molecule has 0 aromatic heterocycles. The van der Waals surface area contributed by atoms with Crippen LogP contribution in [-0.2, 0) is 20.7 Å². The van der Waals surface area contributed by atoms with Gasteiger partial charge in [0.1, 0.15) is 18.5 Å². The van der Waals surface area contributed by atoms with Gasteiger partial charge >= 0.3 is 5.97 Å². The van der Waals surface area contributed by atoms with Gasteiger partial charge in [-0.3, -0.25) is 9.59 Å². The van der Waals surface area contributed by atoms with Crippen molar-refractivity contribution in [2.45, 2.75) is 71.3 Å². The topological polar surface area (TPSA) is 123 Å². The van der Waals surface area contributed by atoms with Crippen LogP contribution in [0.1, 0.15) is 69.9 Å². The Balaban J connectivity index is 2.10. The van der Waals surface area contributed by atoms with Crippen molar-refractivity contribution in [2.24, 2.45) is 5.92 Å². The van der Waals surface area contributed by atoms with Crippen molar-refractivity contribution in [3.63, 3.8) is 0 Å². The molecule has 0 radical (unpaired) electrons. The van der Waals surface area contributed by atoms with E-state index in [1.54, 1.807) is 24.3 Å². The van der Waals surface area contributed by atoms with Gasteiger partial charge in [0.05, 0.1) is 13.7 Å². The maximum absolute atomic E-state index is 13.2. The van der Waals surface area contributed by atoms with E-state index in [-0.39, 0.29) is 55.0 Å². The van der Waals surface area contributed by atoms with Crippen LogP contribution in [0.25, 0.3) is 0 Å². The molecule has 37 heavy (non-hydrogen) atoms. The molecule has 8 nitrogen and oxygen atoms in total. The maximum Gasteiger partial charge on any atom is 0.302 e. The number of phenols is 2. The molecule has 0 spiro atoms. The molecule has 204 valence electrons. The van der Waals surface area contributed by atoms with Gasteiger partial charge in [-0.15, -0.1) is 0 Å². The molecule has 0 heterocycles. The Morgan fingerprint density at radius 1 is 0.919 bits per heavy atom. The number of aryl methyl sites for hydroxylation is 1. The molecule has 0 amide bonds. The summed E-state index contributed by atoms with van der Waals surface area (Å²) in [6, 6.07) is 10.1. The Labute approximate surface area is 219 Å². The normalized spacial score (nSPS) is 12.7. The van der Waals surface area contributed by atoms with Crippen LogP contribution in [0.15, 0.2) is 36.4 Å². The number of Topliss-reactive ketones (excluding diaryl/α,β-unsaturated/α-hetero) is 1. The number of aliphatic hydroxyl groups is 1. The molecular formula is C29H40O8. The van der Waals surface area contributed by atoms with Crippen LogP contribution in [0.3, 0.4) is 0 Å². The second-order valence-electron chi connectivity index (χ2n) is 9.69. The molecule has 2 aromatic carbocycles. The third-order valence-corrected chi connectivity index (χ3v) is 6.16. The molecule has 0 aliphatic heterocycles. The molecule has 2 rings (SSSR count). The van der Waals surface area contributed by atoms with Crippen LogP contribution in [0.4, 0.5) is 0 Å². The zero-order valence-electron chi connectivity index (χ0n) is 22.2. The van der Waals surface area contributed by atoms with E-state index in [9.17, 15) is 19.8 Å². The van der Waals surface area contributed by atoms with E-state index in [1.807, 2.05) is 6.07 Å². The van der Waals surface area contributed by atoms with E-state index in [4.69, 9.17) is 19.3 Å². The van der Waals surface area contributed by atoms with E-state index in [2.05, 4.69) is 13.8 Å². The van der Waals surface area contributed by atoms with Crippen molar-refractivity contribution in [2.75, 3.05) is 20.3 Å². The highest BCUT2D eigenvalue weighted by Crippen LogP contribution is 2.34. The largest absolute Gasteiger partial charge is 0.504 e. The fraction of sp³-hybridized carbons (Fsp3) is 0.517. The first-order chi connectivity index (χ1) is 17.6. The van der Waals surface area contributed by atoms with Gasteiger partial charge in [-0.25, -0.2) is 0 Å². The first-order valence-corrected chi connectivity index (χ1v) is 12.7. The Bertz CT molecular complexity index is 1020. The molecule has 0 saturated heterocycles. The predicted octanol–water partition coefficient (Wildman–Crippen LogP) is 4.91. The summed E-state index contributed by atoms with van der Waals surface area (Å²) >= 11 is 0. The highest BCUT2D eigenvalue weighted by Gasteiger charge is 2.23. The highest BCUT2D eigenvalue weighted by atomic mass is 16.5. The molecular weight excluding hydrogens is 476 g/mol. The van der Waals surface area contributed by atoms with Gasteiger partial charge < -0.3 is 29.5 Å². The van der Waals surface area contributed by atoms with Crippen molar-refractivity contribution in [3.05, 3.63) is 47.5 Å². The number of aliphatic hydroxyl groups excluding tert-OH is 1. The summed E-state index contributed by atoms with van der Waals surface area (Å²) < 4.78 is 16.1. The lowest BCUT2D eigenvalue weighted by atomic mass is 9.86. The Morgan fingerprint density at radius 3 is 2.27 bits per heavy atom. The van der Waals surface area contributed by atoms with Crippen LogP contribution in [0.5, 0.6) is 23.0 Å². The van der Waals surface area contributed by atoms with Crippen LogP contribution in [-0.4, -0.2) is 53.5 Å². The minimum Gasteiger partial charge on any atom is -0.504 e. The molecule has 0 aliphatic rings. The monoisotopic (exact) mass is 516 g/mol. The number of hydrogen-bond donors (Lipinski definition) is 3. The molecule has 2 atom stereocenters. The van der Waals surface area contributed by atoms with E-state index in [0.29, 0.717) is 24.5 Å². The number of methoxy groups -OCH3 is 1. The van der Waals surface area contributed by atoms with Crippen LogP contribution < -0.4 is 9.47 Å². The summed E-state index contributed by atoms with van der Waals surface area (Å²) in [6.07, 6.45) is 2.48. The standard InChI is InChI=1S/C29H40O8/c1-19(2)5-8-22(23-9-12-26(33)28(17-23)35-4)16-24(32)18-25(37-20(3)31)10-6-21-7-11-27(34)29(15-21)36-14-13-30/h7,9,11-12,15,17,19,22,25,30,33-34H,5-6,8,10,13-14,16,18H2,1-4H3. The number of carbonyl (C=O) groups is 2. The lowest BCUT2D eigenvalue weighted by Crippen LogP contribution is -2.22. The van der Waals surface area contributed by atoms with E-state index in [0.717, 1.165) is 24.0 Å². The summed E-state index contributed by atoms with van der Waals surface area (Å²) in [4.78, 5) is 24.9. The summed E-state index contributed by atoms with van der Waals surface area (Å²) in [7, 11) is 1.49. The minimum absolute atomic E-state index is 0.00952. The number of hydrogen-bond acceptors (Lipinski definition) is 8. The minimum atomic E-state index is -0.583. The predicted molar refractivity (Wildman–Crippen MR) is 140 cm³/mol. The fourth-order valence-corrected chi connectivity index (χ4v) is 4.23. The first-order valence-electron chi connectivity index (χ1n) is 12.7. The number of ether oxygens (including phenoxy) is 3. The van der Waals surface area contributed by atoms with Gasteiger partial charge in [0, 0.05) is 19.8 Å². The second-order valence-corrected chi connectivity index (χ2v) is 9.69. The van der Waals surface area contributed by atoms with Gasteiger partial charge in [-0.2, -0.15) is 0 Å². The molecule has 0 bridgehead atoms. The zero-order valence-corrected chi connectivity index (χ0v) is 22.2. The number of esters is 1. The van der Waals surface area contributed by atoms with E-state index in [1.165, 1.54) is 20.1 Å². The summed E-state index contributed by atoms with van der Waals surface area (Å²) in [5, 5.41) is 28.9. The molecule has 0 saturated carbocycles. The number of aromatic hydroxyl groups is 2. The zero-order chi connectivity index (χ0) is 27.4. The first kappa shape index (κ1) is 30.0. The van der Waals surface area contributed by atoms with Crippen LogP contribution >= 0.6 is 0 Å². The lowest BCUT2D eigenvalue weighted by Gasteiger charge is -2.21. The Hall–Kier alpha value is -3.26. The average molecular weight is 517 g/mol. The van der Waals surface area contributed by atoms with Crippen molar-refractivity contribution in [1.29, 1.82) is 0 Å². The number of carbonyl (C=O) groups excluding carboxylic acids is 2. The van der Waals surface area contributed by atoms with Gasteiger partial charge in [0.15, 0.2) is 23.0 Å². The SMILES string of the molecule is COc1cc(C(CCC(C)C)CC(=O)CC(CCc2ccc(O)c(OCCO)c2)OC(C)=O)ccc1O. The second kappa shape index (κ2) is 15.1. The Kier molecular flexibility index (Phi) is 12.2. The molecule has 0 fully saturated rings. The fourth-order valence-electron chi connectivity index (χ4n) is 4.23. The Morgan fingerprint density at radius 2 is 1.62 bits per heavy atom. The molecule has 8 heteroatoms. The number of phenolic OH excluding ortho intramolecular Hbond substituents is 2. The summed E-state index contributed by atoms with van der Waals surface area (Å²) in [6.45, 7) is 5.49. The average Bonchev–Trinajstić information content (AvgIpc) is 2.85. The van der Waals surface area contributed by atoms with Crippen LogP contribution in [0.2, 0.25) is 0 Å². The van der Waals surface area contributed by atoms with Crippen molar-refractivity contribution in [3.8, 4) is 23.0 Å². The number of rotatable bonds is 16. The number of ketones is 1. The maximum atomic E-state index is 13.2. The summed E-state index contributed by atoms with van der Waals surface area (Å²) in [5.41, 5.74) is 1.77. The van der Waals surface area contributed by atoms with Gasteiger partial charge in [-0.05, 0) is 66.5 Å². The molecule has 3 N–H and O–H groups in total. The van der Waals surface area contributed by atoms with Gasteiger partial charge in [-0.1, -0.05) is 32.4 Å². The third-order valence-electron chi connectivity index (χ3n) is 6.16. The smallest absolute Gasteiger partial charge is 0.302 e. The molecule has 2 aromatic rings. The lowest BCUT2D eigenvalue weighted by molar-refractivity contribution is -0.147. The number of benzene rings is 2.